The molecule has 1 saturated heterocycles. The van der Waals surface area contributed by atoms with E-state index < -0.39 is 11.7 Å². The summed E-state index contributed by atoms with van der Waals surface area (Å²) < 4.78 is 38.6. The zero-order valence-electron chi connectivity index (χ0n) is 8.74. The fourth-order valence-corrected chi connectivity index (χ4v) is 2.35. The van der Waals surface area contributed by atoms with Crippen molar-refractivity contribution >= 4 is 0 Å². The summed E-state index contributed by atoms with van der Waals surface area (Å²) in [4.78, 5) is 1.66. The van der Waals surface area contributed by atoms with Gasteiger partial charge in [-0.25, -0.2) is 0 Å². The van der Waals surface area contributed by atoms with Crippen molar-refractivity contribution in [3.05, 3.63) is 0 Å². The van der Waals surface area contributed by atoms with E-state index in [1.807, 2.05) is 0 Å². The van der Waals surface area contributed by atoms with Gasteiger partial charge in [0.25, 0.3) is 0 Å². The first kappa shape index (κ1) is 11.2. The minimum Gasteiger partial charge on any atom is -0.317 e. The van der Waals surface area contributed by atoms with Gasteiger partial charge >= 0.3 is 6.18 Å². The van der Waals surface area contributed by atoms with Crippen LogP contribution in [0.5, 0.6) is 0 Å². The summed E-state index contributed by atoms with van der Waals surface area (Å²) in [5.74, 6) is 0. The molecule has 0 spiro atoms. The van der Waals surface area contributed by atoms with E-state index in [-0.39, 0.29) is 0 Å². The van der Waals surface area contributed by atoms with Gasteiger partial charge in [0, 0.05) is 13.1 Å². The summed E-state index contributed by atoms with van der Waals surface area (Å²) in [6.45, 7) is 2.83. The van der Waals surface area contributed by atoms with Crippen molar-refractivity contribution in [3.8, 4) is 0 Å². The third-order valence-electron chi connectivity index (χ3n) is 3.42. The minimum absolute atomic E-state index is 0.296. The maximum atomic E-state index is 12.9. The molecule has 0 unspecified atom stereocenters. The lowest BCUT2D eigenvalue weighted by atomic mass is 10.1. The summed E-state index contributed by atoms with van der Waals surface area (Å²) >= 11 is 0. The smallest absolute Gasteiger partial charge is 0.317 e. The molecule has 0 amide bonds. The maximum absolute atomic E-state index is 12.9. The minimum atomic E-state index is -4.04. The number of rotatable bonds is 1. The zero-order chi connectivity index (χ0) is 10.9. The molecule has 0 aromatic heterocycles. The Bertz CT molecular complexity index is 215. The Kier molecular flexibility index (Phi) is 2.94. The number of hydrogen-bond acceptors (Lipinski definition) is 2. The molecule has 0 radical (unpaired) electrons. The molecule has 1 aliphatic carbocycles. The Balaban J connectivity index is 2.01. The third-order valence-corrected chi connectivity index (χ3v) is 3.42. The van der Waals surface area contributed by atoms with E-state index in [0.717, 1.165) is 25.9 Å². The second-order valence-corrected chi connectivity index (χ2v) is 4.47. The third kappa shape index (κ3) is 2.13. The van der Waals surface area contributed by atoms with Crippen molar-refractivity contribution in [2.75, 3.05) is 26.2 Å². The van der Waals surface area contributed by atoms with Crippen molar-refractivity contribution in [1.29, 1.82) is 0 Å². The van der Waals surface area contributed by atoms with Crippen LogP contribution in [0.4, 0.5) is 13.2 Å². The summed E-state index contributed by atoms with van der Waals surface area (Å²) in [6.07, 6.45) is -1.82. The van der Waals surface area contributed by atoms with Gasteiger partial charge in [0.2, 0.25) is 0 Å². The average molecular weight is 222 g/mol. The van der Waals surface area contributed by atoms with Crippen LogP contribution in [-0.4, -0.2) is 42.8 Å². The van der Waals surface area contributed by atoms with Crippen LogP contribution < -0.4 is 5.32 Å². The van der Waals surface area contributed by atoms with Gasteiger partial charge in [-0.2, -0.15) is 13.2 Å². The van der Waals surface area contributed by atoms with Crippen LogP contribution in [0.3, 0.4) is 0 Å². The Hall–Kier alpha value is -0.290. The van der Waals surface area contributed by atoms with Crippen molar-refractivity contribution < 1.29 is 13.2 Å². The number of halogens is 3. The molecule has 15 heavy (non-hydrogen) atoms. The summed E-state index contributed by atoms with van der Waals surface area (Å²) in [6, 6.07) is 0. The molecule has 1 aliphatic heterocycles. The average Bonchev–Trinajstić information content (AvgIpc) is 2.81. The standard InChI is InChI=1S/C10H17F3N2/c11-10(12,13)9(3-4-9)15-7-1-5-14-6-2-8-15/h14H,1-8H2. The lowest BCUT2D eigenvalue weighted by Gasteiger charge is -2.34. The van der Waals surface area contributed by atoms with Crippen LogP contribution in [0.2, 0.25) is 0 Å². The molecular formula is C10H17F3N2. The van der Waals surface area contributed by atoms with Crippen molar-refractivity contribution in [2.45, 2.75) is 37.4 Å². The van der Waals surface area contributed by atoms with Gasteiger partial charge < -0.3 is 5.32 Å². The summed E-state index contributed by atoms with van der Waals surface area (Å²) in [5, 5.41) is 3.21. The van der Waals surface area contributed by atoms with E-state index in [4.69, 9.17) is 0 Å². The monoisotopic (exact) mass is 222 g/mol. The van der Waals surface area contributed by atoms with Crippen molar-refractivity contribution in [1.82, 2.24) is 10.2 Å². The van der Waals surface area contributed by atoms with E-state index >= 15 is 0 Å². The zero-order valence-corrected chi connectivity index (χ0v) is 8.74. The largest absolute Gasteiger partial charge is 0.406 e. The van der Waals surface area contributed by atoms with Crippen LogP contribution in [0.1, 0.15) is 25.7 Å². The van der Waals surface area contributed by atoms with Crippen LogP contribution >= 0.6 is 0 Å². The molecular weight excluding hydrogens is 205 g/mol. The van der Waals surface area contributed by atoms with E-state index in [2.05, 4.69) is 5.32 Å². The van der Waals surface area contributed by atoms with Gasteiger partial charge in [-0.3, -0.25) is 4.90 Å². The van der Waals surface area contributed by atoms with E-state index in [9.17, 15) is 13.2 Å². The van der Waals surface area contributed by atoms with E-state index in [1.165, 1.54) is 0 Å². The fraction of sp³-hybridized carbons (Fsp3) is 1.00. The first-order valence-electron chi connectivity index (χ1n) is 5.59. The summed E-state index contributed by atoms with van der Waals surface area (Å²) in [7, 11) is 0. The maximum Gasteiger partial charge on any atom is 0.406 e. The first-order chi connectivity index (χ1) is 7.06. The lowest BCUT2D eigenvalue weighted by Crippen LogP contribution is -2.50. The molecule has 1 heterocycles. The van der Waals surface area contributed by atoms with Gasteiger partial charge in [-0.05, 0) is 38.8 Å². The number of nitrogens with zero attached hydrogens (tertiary/aromatic N) is 1. The van der Waals surface area contributed by atoms with Crippen molar-refractivity contribution in [3.63, 3.8) is 0 Å². The summed E-state index contributed by atoms with van der Waals surface area (Å²) in [5.41, 5.74) is -1.45. The predicted octanol–water partition coefficient (Wildman–Crippen LogP) is 1.77. The number of hydrogen-bond donors (Lipinski definition) is 1. The SMILES string of the molecule is FC(F)(F)C1(N2CCCNCCC2)CC1. The molecule has 5 heteroatoms. The Morgan fingerprint density at radius 1 is 1.00 bits per heavy atom. The quantitative estimate of drug-likeness (QED) is 0.727. The second-order valence-electron chi connectivity index (χ2n) is 4.47. The highest BCUT2D eigenvalue weighted by Gasteiger charge is 2.66. The molecule has 0 atom stereocenters. The molecule has 2 aliphatic rings. The Labute approximate surface area is 87.8 Å². The van der Waals surface area contributed by atoms with E-state index in [1.54, 1.807) is 4.90 Å². The van der Waals surface area contributed by atoms with Crippen LogP contribution in [-0.2, 0) is 0 Å². The molecule has 1 N–H and O–H groups in total. The molecule has 2 nitrogen and oxygen atoms in total. The van der Waals surface area contributed by atoms with Crippen LogP contribution in [0.25, 0.3) is 0 Å². The number of alkyl halides is 3. The fourth-order valence-electron chi connectivity index (χ4n) is 2.35. The molecule has 2 fully saturated rings. The highest BCUT2D eigenvalue weighted by Crippen LogP contribution is 2.53. The highest BCUT2D eigenvalue weighted by atomic mass is 19.4. The molecule has 0 aromatic rings. The number of nitrogens with one attached hydrogen (secondary N) is 1. The first-order valence-corrected chi connectivity index (χ1v) is 5.59. The van der Waals surface area contributed by atoms with Gasteiger partial charge in [-0.1, -0.05) is 0 Å². The van der Waals surface area contributed by atoms with Gasteiger partial charge in [0.05, 0.1) is 0 Å². The second kappa shape index (κ2) is 3.94. The highest BCUT2D eigenvalue weighted by molar-refractivity contribution is 5.09. The van der Waals surface area contributed by atoms with Gasteiger partial charge in [0.15, 0.2) is 0 Å². The predicted molar refractivity (Wildman–Crippen MR) is 51.7 cm³/mol. The van der Waals surface area contributed by atoms with Crippen LogP contribution in [0, 0.1) is 0 Å². The topological polar surface area (TPSA) is 15.3 Å². The normalized spacial score (nSPS) is 28.2. The Morgan fingerprint density at radius 2 is 1.53 bits per heavy atom. The molecule has 2 rings (SSSR count). The van der Waals surface area contributed by atoms with Crippen molar-refractivity contribution in [2.24, 2.45) is 0 Å². The lowest BCUT2D eigenvalue weighted by molar-refractivity contribution is -0.197. The molecule has 88 valence electrons. The molecule has 0 bridgehead atoms. The molecule has 1 saturated carbocycles. The Morgan fingerprint density at radius 3 is 1.93 bits per heavy atom. The van der Waals surface area contributed by atoms with Gasteiger partial charge in [0.1, 0.15) is 5.54 Å². The van der Waals surface area contributed by atoms with E-state index in [0.29, 0.717) is 25.9 Å². The van der Waals surface area contributed by atoms with Gasteiger partial charge in [-0.15, -0.1) is 0 Å². The molecule has 0 aromatic carbocycles. The van der Waals surface area contributed by atoms with Crippen LogP contribution in [0.15, 0.2) is 0 Å².